The van der Waals surface area contributed by atoms with Crippen molar-refractivity contribution in [2.45, 2.75) is 18.7 Å². The van der Waals surface area contributed by atoms with Crippen LogP contribution in [0.5, 0.6) is 0 Å². The van der Waals surface area contributed by atoms with Gasteiger partial charge in [0.15, 0.2) is 5.82 Å². The van der Waals surface area contributed by atoms with Crippen molar-refractivity contribution in [2.75, 3.05) is 37.0 Å². The van der Waals surface area contributed by atoms with Crippen LogP contribution in [0.2, 0.25) is 0 Å². The quantitative estimate of drug-likeness (QED) is 0.429. The summed E-state index contributed by atoms with van der Waals surface area (Å²) in [5, 5.41) is 6.27. The van der Waals surface area contributed by atoms with Gasteiger partial charge in [-0.15, -0.1) is 11.3 Å². The third kappa shape index (κ3) is 4.82. The average Bonchev–Trinajstić information content (AvgIpc) is 3.10. The zero-order valence-electron chi connectivity index (χ0n) is 19.0. The predicted molar refractivity (Wildman–Crippen MR) is 134 cm³/mol. The summed E-state index contributed by atoms with van der Waals surface area (Å²) in [7, 11) is 0.294. The Morgan fingerprint density at radius 2 is 1.70 bits per heavy atom. The third-order valence-electron chi connectivity index (χ3n) is 5.67. The van der Waals surface area contributed by atoms with Crippen LogP contribution >= 0.6 is 11.3 Å². The van der Waals surface area contributed by atoms with Gasteiger partial charge in [-0.2, -0.15) is 0 Å². The fraction of sp³-hybridized carbons (Fsp3) is 0.261. The number of nitrogens with zero attached hydrogens (tertiary/aromatic N) is 5. The van der Waals surface area contributed by atoms with E-state index in [1.165, 1.54) is 22.6 Å². The summed E-state index contributed by atoms with van der Waals surface area (Å²) in [5.41, 5.74) is 2.98. The number of fused-ring (bicyclic) bond motifs is 1. The average molecular weight is 483 g/mol. The van der Waals surface area contributed by atoms with Gasteiger partial charge in [0.2, 0.25) is 10.0 Å². The predicted octanol–water partition coefficient (Wildman–Crippen LogP) is 3.59. The highest BCUT2D eigenvalue weighted by Gasteiger charge is 2.18. The molecular formula is C23H26N6O2S2. The minimum absolute atomic E-state index is 0.103. The van der Waals surface area contributed by atoms with Gasteiger partial charge in [-0.1, -0.05) is 0 Å². The van der Waals surface area contributed by atoms with Crippen LogP contribution in [-0.2, 0) is 10.0 Å². The number of nitrogens with two attached hydrogens (primary N) is 1. The van der Waals surface area contributed by atoms with Crippen LogP contribution in [0.15, 0.2) is 53.7 Å². The van der Waals surface area contributed by atoms with Crippen molar-refractivity contribution in [3.8, 4) is 11.4 Å². The molecule has 0 aliphatic carbocycles. The summed E-state index contributed by atoms with van der Waals surface area (Å²) in [4.78, 5) is 20.4. The SMILES string of the molecule is Cc1sc2nc(-c3cccnc3)nc(N(C)CCN(C)c3ccc(S(N)(=O)=O)cc3)c2c1C. The van der Waals surface area contributed by atoms with Crippen LogP contribution in [0.4, 0.5) is 11.5 Å². The molecule has 3 heterocycles. The molecule has 0 atom stereocenters. The number of hydrogen-bond donors (Lipinski definition) is 1. The van der Waals surface area contributed by atoms with E-state index >= 15 is 0 Å². The number of hydrogen-bond acceptors (Lipinski definition) is 8. The lowest BCUT2D eigenvalue weighted by Gasteiger charge is -2.25. The molecule has 3 aromatic heterocycles. The Balaban J connectivity index is 1.60. The van der Waals surface area contributed by atoms with Gasteiger partial charge in [0.05, 0.1) is 10.3 Å². The number of rotatable bonds is 7. The molecule has 4 rings (SSSR count). The lowest BCUT2D eigenvalue weighted by Crippen LogP contribution is -2.31. The first kappa shape index (κ1) is 23.1. The molecule has 4 aromatic rings. The van der Waals surface area contributed by atoms with E-state index in [9.17, 15) is 8.42 Å². The lowest BCUT2D eigenvalue weighted by atomic mass is 10.2. The van der Waals surface area contributed by atoms with Gasteiger partial charge in [-0.3, -0.25) is 4.98 Å². The Morgan fingerprint density at radius 3 is 2.33 bits per heavy atom. The maximum absolute atomic E-state index is 11.5. The molecule has 0 spiro atoms. The summed E-state index contributed by atoms with van der Waals surface area (Å²) in [6, 6.07) is 10.4. The normalized spacial score (nSPS) is 11.7. The van der Waals surface area contributed by atoms with Crippen molar-refractivity contribution in [3.63, 3.8) is 0 Å². The molecule has 2 N–H and O–H groups in total. The molecule has 33 heavy (non-hydrogen) atoms. The van der Waals surface area contributed by atoms with Crippen molar-refractivity contribution in [1.82, 2.24) is 15.0 Å². The number of likely N-dealkylation sites (N-methyl/N-ethyl adjacent to an activating group) is 2. The summed E-state index contributed by atoms with van der Waals surface area (Å²) < 4.78 is 23.0. The van der Waals surface area contributed by atoms with E-state index in [4.69, 9.17) is 15.1 Å². The number of aryl methyl sites for hydroxylation is 2. The Bertz CT molecular complexity index is 1390. The smallest absolute Gasteiger partial charge is 0.238 e. The molecule has 0 saturated heterocycles. The van der Waals surface area contributed by atoms with Gasteiger partial charge in [0, 0.05) is 55.7 Å². The summed E-state index contributed by atoms with van der Waals surface area (Å²) in [6.45, 7) is 5.63. The van der Waals surface area contributed by atoms with Gasteiger partial charge < -0.3 is 9.80 Å². The molecule has 172 valence electrons. The van der Waals surface area contributed by atoms with Gasteiger partial charge in [-0.25, -0.2) is 23.5 Å². The summed E-state index contributed by atoms with van der Waals surface area (Å²) in [5.74, 6) is 1.55. The highest BCUT2D eigenvalue weighted by Crippen LogP contribution is 2.36. The fourth-order valence-corrected chi connectivity index (χ4v) is 5.09. The van der Waals surface area contributed by atoms with Crippen LogP contribution in [0.3, 0.4) is 0 Å². The maximum Gasteiger partial charge on any atom is 0.238 e. The van der Waals surface area contributed by atoms with Gasteiger partial charge in [-0.05, 0) is 55.8 Å². The van der Waals surface area contributed by atoms with E-state index in [0.29, 0.717) is 18.9 Å². The molecule has 0 bridgehead atoms. The molecule has 0 saturated carbocycles. The Morgan fingerprint density at radius 1 is 1.00 bits per heavy atom. The van der Waals surface area contributed by atoms with Crippen molar-refractivity contribution in [1.29, 1.82) is 0 Å². The molecule has 0 aliphatic heterocycles. The standard InChI is InChI=1S/C23H26N6O2S2/c1-15-16(2)32-23-20(15)22(26-21(27-23)17-6-5-11-25-14-17)29(4)13-12-28(3)18-7-9-19(10-8-18)33(24,30)31/h5-11,14H,12-13H2,1-4H3,(H2,24,30,31). The van der Waals surface area contributed by atoms with Crippen molar-refractivity contribution in [2.24, 2.45) is 5.14 Å². The first-order valence-corrected chi connectivity index (χ1v) is 12.7. The number of sulfonamides is 1. The minimum Gasteiger partial charge on any atom is -0.373 e. The molecule has 0 unspecified atom stereocenters. The number of primary sulfonamides is 1. The molecule has 0 radical (unpaired) electrons. The van der Waals surface area contributed by atoms with E-state index in [1.54, 1.807) is 35.9 Å². The van der Waals surface area contributed by atoms with Crippen LogP contribution in [-0.4, -0.2) is 50.6 Å². The highest BCUT2D eigenvalue weighted by molar-refractivity contribution is 7.89. The molecule has 10 heteroatoms. The Labute approximate surface area is 197 Å². The summed E-state index contributed by atoms with van der Waals surface area (Å²) >= 11 is 1.68. The second-order valence-electron chi connectivity index (χ2n) is 7.96. The second-order valence-corrected chi connectivity index (χ2v) is 10.7. The number of thiophene rings is 1. The first-order chi connectivity index (χ1) is 15.6. The minimum atomic E-state index is -3.70. The first-order valence-electron chi connectivity index (χ1n) is 10.4. The number of anilines is 2. The molecule has 8 nitrogen and oxygen atoms in total. The Hall–Kier alpha value is -3.08. The monoisotopic (exact) mass is 482 g/mol. The van der Waals surface area contributed by atoms with E-state index in [2.05, 4.69) is 28.6 Å². The van der Waals surface area contributed by atoms with Crippen molar-refractivity contribution < 1.29 is 8.42 Å². The molecule has 0 fully saturated rings. The van der Waals surface area contributed by atoms with E-state index in [0.717, 1.165) is 27.3 Å². The third-order valence-corrected chi connectivity index (χ3v) is 7.70. The van der Waals surface area contributed by atoms with E-state index < -0.39 is 10.0 Å². The number of aromatic nitrogens is 3. The molecular weight excluding hydrogens is 456 g/mol. The number of benzene rings is 1. The zero-order chi connectivity index (χ0) is 23.8. The molecule has 0 amide bonds. The van der Waals surface area contributed by atoms with Gasteiger partial charge in [0.1, 0.15) is 10.6 Å². The molecule has 0 aliphatic rings. The fourth-order valence-electron chi connectivity index (χ4n) is 3.55. The second kappa shape index (κ2) is 9.05. The maximum atomic E-state index is 11.5. The van der Waals surface area contributed by atoms with E-state index in [1.807, 2.05) is 26.2 Å². The topological polar surface area (TPSA) is 105 Å². The van der Waals surface area contributed by atoms with Crippen LogP contribution in [0.25, 0.3) is 21.6 Å². The lowest BCUT2D eigenvalue weighted by molar-refractivity contribution is 0.598. The summed E-state index contributed by atoms with van der Waals surface area (Å²) in [6.07, 6.45) is 3.51. The zero-order valence-corrected chi connectivity index (χ0v) is 20.6. The van der Waals surface area contributed by atoms with Gasteiger partial charge in [0.25, 0.3) is 0 Å². The van der Waals surface area contributed by atoms with Gasteiger partial charge >= 0.3 is 0 Å². The van der Waals surface area contributed by atoms with E-state index in [-0.39, 0.29) is 4.90 Å². The van der Waals surface area contributed by atoms with Crippen molar-refractivity contribution in [3.05, 3.63) is 59.2 Å². The molecule has 1 aromatic carbocycles. The largest absolute Gasteiger partial charge is 0.373 e. The van der Waals surface area contributed by atoms with Crippen LogP contribution < -0.4 is 14.9 Å². The highest BCUT2D eigenvalue weighted by atomic mass is 32.2. The van der Waals surface area contributed by atoms with Crippen LogP contribution in [0, 0.1) is 13.8 Å². The number of pyridine rings is 1. The van der Waals surface area contributed by atoms with Crippen molar-refractivity contribution >= 4 is 43.1 Å². The van der Waals surface area contributed by atoms with Crippen LogP contribution in [0.1, 0.15) is 10.4 Å². The Kier molecular flexibility index (Phi) is 6.33.